The summed E-state index contributed by atoms with van der Waals surface area (Å²) in [5.41, 5.74) is 3.92. The number of nitrogens with one attached hydrogen (secondary N) is 1. The lowest BCUT2D eigenvalue weighted by Gasteiger charge is -2.18. The number of rotatable bonds is 7. The summed E-state index contributed by atoms with van der Waals surface area (Å²) >= 11 is 1.31. The predicted molar refractivity (Wildman–Crippen MR) is 121 cm³/mol. The summed E-state index contributed by atoms with van der Waals surface area (Å²) in [4.78, 5) is 44.6. The minimum Gasteiger partial charge on any atom is -0.338 e. The molecular formula is C23H22N4O3S. The third-order valence-corrected chi connectivity index (χ3v) is 6.03. The average molecular weight is 435 g/mol. The Kier molecular flexibility index (Phi) is 6.18. The normalized spacial score (nSPS) is 15.9. The number of fused-ring (bicyclic) bond motifs is 1. The highest BCUT2D eigenvalue weighted by atomic mass is 32.2. The highest BCUT2D eigenvalue weighted by Crippen LogP contribution is 2.22. The molecule has 31 heavy (non-hydrogen) atoms. The molecule has 0 radical (unpaired) electrons. The van der Waals surface area contributed by atoms with E-state index in [-0.39, 0.29) is 23.8 Å². The number of benzene rings is 2. The fraction of sp³-hybridized carbons (Fsp3) is 0.217. The first-order valence-electron chi connectivity index (χ1n) is 9.95. The number of hydrogen-bond acceptors (Lipinski definition) is 5. The van der Waals surface area contributed by atoms with E-state index in [0.29, 0.717) is 34.9 Å². The Morgan fingerprint density at radius 2 is 1.90 bits per heavy atom. The number of para-hydroxylation sites is 1. The van der Waals surface area contributed by atoms with Gasteiger partial charge in [0.15, 0.2) is 5.16 Å². The van der Waals surface area contributed by atoms with Crippen LogP contribution in [0.5, 0.6) is 0 Å². The Balaban J connectivity index is 1.55. The first-order valence-corrected chi connectivity index (χ1v) is 10.9. The van der Waals surface area contributed by atoms with Crippen LogP contribution in [0.1, 0.15) is 12.0 Å². The van der Waals surface area contributed by atoms with Gasteiger partial charge in [0.25, 0.3) is 5.56 Å². The molecule has 0 spiro atoms. The molecule has 0 aliphatic carbocycles. The summed E-state index contributed by atoms with van der Waals surface area (Å²) in [6.07, 6.45) is 1.82. The van der Waals surface area contributed by atoms with Crippen molar-refractivity contribution in [2.75, 3.05) is 17.7 Å². The summed E-state index contributed by atoms with van der Waals surface area (Å²) in [5.74, 6) is -0.447. The maximum Gasteiger partial charge on any atom is 0.281 e. The van der Waals surface area contributed by atoms with Crippen LogP contribution in [0.15, 0.2) is 77.2 Å². The van der Waals surface area contributed by atoms with E-state index in [0.717, 1.165) is 5.56 Å². The molecular weight excluding hydrogens is 412 g/mol. The molecule has 1 aliphatic heterocycles. The SMILES string of the molecule is C=CCSc1nc2ccccc2c(=O)n1NC(=O)C1CC(=O)N(Cc2ccccc2)C1. The Morgan fingerprint density at radius 3 is 2.68 bits per heavy atom. The number of amides is 2. The van der Waals surface area contributed by atoms with E-state index in [2.05, 4.69) is 17.0 Å². The first kappa shape index (κ1) is 20.9. The lowest BCUT2D eigenvalue weighted by molar-refractivity contribution is -0.128. The lowest BCUT2D eigenvalue weighted by Crippen LogP contribution is -2.39. The van der Waals surface area contributed by atoms with Crippen LogP contribution in [0.25, 0.3) is 10.9 Å². The van der Waals surface area contributed by atoms with Crippen LogP contribution in [0.3, 0.4) is 0 Å². The molecule has 0 saturated carbocycles. The van der Waals surface area contributed by atoms with Crippen molar-refractivity contribution in [3.63, 3.8) is 0 Å². The molecule has 158 valence electrons. The van der Waals surface area contributed by atoms with Gasteiger partial charge in [-0.15, -0.1) is 6.58 Å². The number of aromatic nitrogens is 2. The minimum absolute atomic E-state index is 0.0748. The molecule has 3 aromatic rings. The maximum atomic E-state index is 13.0. The van der Waals surface area contributed by atoms with Gasteiger partial charge in [0.2, 0.25) is 11.8 Å². The van der Waals surface area contributed by atoms with Crippen LogP contribution in [-0.2, 0) is 16.1 Å². The number of carbonyl (C=O) groups excluding carboxylic acids is 2. The monoisotopic (exact) mass is 434 g/mol. The lowest BCUT2D eigenvalue weighted by atomic mass is 10.1. The topological polar surface area (TPSA) is 84.3 Å². The third-order valence-electron chi connectivity index (χ3n) is 5.10. The van der Waals surface area contributed by atoms with Gasteiger partial charge in [0, 0.05) is 25.3 Å². The summed E-state index contributed by atoms with van der Waals surface area (Å²) in [7, 11) is 0. The van der Waals surface area contributed by atoms with E-state index < -0.39 is 5.92 Å². The van der Waals surface area contributed by atoms with Crippen molar-refractivity contribution >= 4 is 34.5 Å². The van der Waals surface area contributed by atoms with Gasteiger partial charge in [-0.05, 0) is 17.7 Å². The zero-order chi connectivity index (χ0) is 21.8. The van der Waals surface area contributed by atoms with Gasteiger partial charge in [-0.2, -0.15) is 4.68 Å². The largest absolute Gasteiger partial charge is 0.338 e. The molecule has 8 heteroatoms. The van der Waals surface area contributed by atoms with Crippen LogP contribution < -0.4 is 11.0 Å². The summed E-state index contributed by atoms with van der Waals surface area (Å²) in [6.45, 7) is 4.47. The number of thioether (sulfide) groups is 1. The van der Waals surface area contributed by atoms with Crippen molar-refractivity contribution < 1.29 is 9.59 Å². The molecule has 7 nitrogen and oxygen atoms in total. The van der Waals surface area contributed by atoms with Gasteiger partial charge in [0.1, 0.15) is 0 Å². The molecule has 1 saturated heterocycles. The molecule has 1 fully saturated rings. The molecule has 2 amide bonds. The molecule has 1 aromatic heterocycles. The van der Waals surface area contributed by atoms with E-state index in [4.69, 9.17) is 0 Å². The van der Waals surface area contributed by atoms with Gasteiger partial charge >= 0.3 is 0 Å². The van der Waals surface area contributed by atoms with Gasteiger partial charge in [-0.3, -0.25) is 19.8 Å². The van der Waals surface area contributed by atoms with E-state index in [9.17, 15) is 14.4 Å². The van der Waals surface area contributed by atoms with Crippen LogP contribution in [0.2, 0.25) is 0 Å². The number of nitrogens with zero attached hydrogens (tertiary/aromatic N) is 3. The van der Waals surface area contributed by atoms with E-state index >= 15 is 0 Å². The van der Waals surface area contributed by atoms with Crippen LogP contribution >= 0.6 is 11.8 Å². The second-order valence-corrected chi connectivity index (χ2v) is 8.28. The van der Waals surface area contributed by atoms with Gasteiger partial charge in [-0.1, -0.05) is 60.3 Å². The number of carbonyl (C=O) groups is 2. The zero-order valence-electron chi connectivity index (χ0n) is 16.9. The smallest absolute Gasteiger partial charge is 0.281 e. The summed E-state index contributed by atoms with van der Waals surface area (Å²) < 4.78 is 1.18. The Bertz CT molecular complexity index is 1190. The highest BCUT2D eigenvalue weighted by molar-refractivity contribution is 7.99. The molecule has 0 bridgehead atoms. The first-order chi connectivity index (χ1) is 15.1. The van der Waals surface area contributed by atoms with Crippen molar-refractivity contribution in [1.82, 2.24) is 14.6 Å². The molecule has 2 aromatic carbocycles. The van der Waals surface area contributed by atoms with Gasteiger partial charge in [0.05, 0.1) is 16.8 Å². The summed E-state index contributed by atoms with van der Waals surface area (Å²) in [5, 5.41) is 0.793. The van der Waals surface area contributed by atoms with Crippen molar-refractivity contribution in [2.45, 2.75) is 18.1 Å². The zero-order valence-corrected chi connectivity index (χ0v) is 17.7. The van der Waals surface area contributed by atoms with Crippen molar-refractivity contribution in [1.29, 1.82) is 0 Å². The van der Waals surface area contributed by atoms with E-state index in [1.165, 1.54) is 16.4 Å². The van der Waals surface area contributed by atoms with Crippen LogP contribution in [0, 0.1) is 5.92 Å². The van der Waals surface area contributed by atoms with Gasteiger partial charge < -0.3 is 4.90 Å². The van der Waals surface area contributed by atoms with Crippen molar-refractivity contribution in [2.24, 2.45) is 5.92 Å². The Hall–Kier alpha value is -3.39. The van der Waals surface area contributed by atoms with Crippen molar-refractivity contribution in [3.8, 4) is 0 Å². The molecule has 1 N–H and O–H groups in total. The summed E-state index contributed by atoms with van der Waals surface area (Å²) in [6, 6.07) is 16.7. The van der Waals surface area contributed by atoms with Crippen molar-refractivity contribution in [3.05, 3.63) is 83.2 Å². The molecule has 1 unspecified atom stereocenters. The fourth-order valence-corrected chi connectivity index (χ4v) is 4.23. The van der Waals surface area contributed by atoms with E-state index in [1.807, 2.05) is 36.4 Å². The van der Waals surface area contributed by atoms with Crippen LogP contribution in [-0.4, -0.2) is 38.7 Å². The van der Waals surface area contributed by atoms with E-state index in [1.54, 1.807) is 29.2 Å². The maximum absolute atomic E-state index is 13.0. The third kappa shape index (κ3) is 4.54. The minimum atomic E-state index is -0.535. The second-order valence-electron chi connectivity index (χ2n) is 7.29. The Labute approximate surface area is 183 Å². The fourth-order valence-electron chi connectivity index (χ4n) is 3.55. The molecule has 4 rings (SSSR count). The standard InChI is InChI=1S/C23H22N4O3S/c1-2-12-31-23-24-19-11-7-6-10-18(19)22(30)27(23)25-21(29)17-13-20(28)26(15-17)14-16-8-4-3-5-9-16/h2-11,17H,1,12-15H2,(H,25,29). The molecule has 1 atom stereocenters. The molecule has 1 aliphatic rings. The average Bonchev–Trinajstić information content (AvgIpc) is 3.15. The highest BCUT2D eigenvalue weighted by Gasteiger charge is 2.34. The molecule has 2 heterocycles. The second kappa shape index (κ2) is 9.18. The Morgan fingerprint density at radius 1 is 1.16 bits per heavy atom. The number of hydrogen-bond donors (Lipinski definition) is 1. The van der Waals surface area contributed by atoms with Gasteiger partial charge in [-0.25, -0.2) is 4.98 Å². The van der Waals surface area contributed by atoms with Crippen LogP contribution in [0.4, 0.5) is 0 Å². The quantitative estimate of drug-likeness (QED) is 0.351. The predicted octanol–water partition coefficient (Wildman–Crippen LogP) is 2.79. The number of likely N-dealkylation sites (tertiary alicyclic amines) is 1.